The molecule has 1 heterocycles. The molecule has 0 amide bonds. The number of hydrogen-bond acceptors (Lipinski definition) is 3. The van der Waals surface area contributed by atoms with Crippen molar-refractivity contribution in [3.63, 3.8) is 0 Å². The third-order valence-corrected chi connectivity index (χ3v) is 4.87. The normalized spacial score (nSPS) is 12.9. The first-order valence-corrected chi connectivity index (χ1v) is 9.41. The highest BCUT2D eigenvalue weighted by atomic mass is 32.1. The van der Waals surface area contributed by atoms with Gasteiger partial charge in [-0.3, -0.25) is 0 Å². The van der Waals surface area contributed by atoms with E-state index in [9.17, 15) is 0 Å². The number of aliphatic imine (C=N–C) groups is 1. The van der Waals surface area contributed by atoms with Gasteiger partial charge in [-0.25, -0.2) is 9.98 Å². The van der Waals surface area contributed by atoms with Crippen LogP contribution in [-0.4, -0.2) is 23.5 Å². The summed E-state index contributed by atoms with van der Waals surface area (Å²) in [6.45, 7) is 9.93. The molecule has 2 N–H and O–H groups in total. The standard InChI is InChI=1S/C19H28N4S/c1-5-20-19(21-13-18-15(3)23-16(4)24-18)22-14(2)11-12-17-9-7-6-8-10-17/h6-10,14H,5,11-13H2,1-4H3,(H2,20,21,22). The lowest BCUT2D eigenvalue weighted by atomic mass is 10.1. The summed E-state index contributed by atoms with van der Waals surface area (Å²) in [5, 5.41) is 7.94. The van der Waals surface area contributed by atoms with Gasteiger partial charge in [0.2, 0.25) is 0 Å². The molecule has 0 aliphatic heterocycles. The second kappa shape index (κ2) is 9.42. The number of thiazole rings is 1. The van der Waals surface area contributed by atoms with Crippen molar-refractivity contribution in [2.24, 2.45) is 4.99 Å². The fourth-order valence-electron chi connectivity index (χ4n) is 2.52. The molecule has 1 unspecified atom stereocenters. The van der Waals surface area contributed by atoms with Gasteiger partial charge >= 0.3 is 0 Å². The third kappa shape index (κ3) is 5.96. The summed E-state index contributed by atoms with van der Waals surface area (Å²) in [6.07, 6.45) is 2.15. The Labute approximate surface area is 149 Å². The lowest BCUT2D eigenvalue weighted by molar-refractivity contribution is 0.593. The number of benzene rings is 1. The van der Waals surface area contributed by atoms with Crippen molar-refractivity contribution in [2.75, 3.05) is 6.54 Å². The number of aromatic nitrogens is 1. The molecule has 0 aliphatic carbocycles. The van der Waals surface area contributed by atoms with Crippen LogP contribution in [0.5, 0.6) is 0 Å². The second-order valence-corrected chi connectivity index (χ2v) is 7.29. The van der Waals surface area contributed by atoms with Gasteiger partial charge in [-0.2, -0.15) is 0 Å². The van der Waals surface area contributed by atoms with Crippen LogP contribution in [0.2, 0.25) is 0 Å². The van der Waals surface area contributed by atoms with Crippen LogP contribution in [0.25, 0.3) is 0 Å². The number of rotatable bonds is 7. The van der Waals surface area contributed by atoms with Crippen LogP contribution in [-0.2, 0) is 13.0 Å². The first kappa shape index (κ1) is 18.5. The Balaban J connectivity index is 1.89. The summed E-state index contributed by atoms with van der Waals surface area (Å²) in [5.41, 5.74) is 2.47. The van der Waals surface area contributed by atoms with Crippen LogP contribution in [0, 0.1) is 13.8 Å². The maximum atomic E-state index is 4.72. The van der Waals surface area contributed by atoms with Gasteiger partial charge in [0.05, 0.1) is 17.2 Å². The van der Waals surface area contributed by atoms with E-state index in [1.165, 1.54) is 10.4 Å². The van der Waals surface area contributed by atoms with Gasteiger partial charge < -0.3 is 10.6 Å². The highest BCUT2D eigenvalue weighted by Gasteiger charge is 2.08. The Morgan fingerprint density at radius 1 is 1.25 bits per heavy atom. The minimum atomic E-state index is 0.368. The van der Waals surface area contributed by atoms with E-state index in [0.29, 0.717) is 12.6 Å². The van der Waals surface area contributed by atoms with Crippen molar-refractivity contribution in [3.8, 4) is 0 Å². The molecule has 2 rings (SSSR count). The van der Waals surface area contributed by atoms with Crippen LogP contribution in [0.15, 0.2) is 35.3 Å². The van der Waals surface area contributed by atoms with E-state index in [1.54, 1.807) is 11.3 Å². The number of hydrogen-bond donors (Lipinski definition) is 2. The smallest absolute Gasteiger partial charge is 0.191 e. The quantitative estimate of drug-likeness (QED) is 0.593. The van der Waals surface area contributed by atoms with E-state index >= 15 is 0 Å². The predicted octanol–water partition coefficient (Wildman–Crippen LogP) is 3.84. The van der Waals surface area contributed by atoms with Gasteiger partial charge in [-0.1, -0.05) is 30.3 Å². The zero-order chi connectivity index (χ0) is 17.4. The van der Waals surface area contributed by atoms with Gasteiger partial charge in [0.1, 0.15) is 0 Å². The molecule has 130 valence electrons. The fourth-order valence-corrected chi connectivity index (χ4v) is 3.39. The zero-order valence-electron chi connectivity index (χ0n) is 15.1. The Hall–Kier alpha value is -1.88. The van der Waals surface area contributed by atoms with E-state index in [0.717, 1.165) is 36.0 Å². The van der Waals surface area contributed by atoms with Crippen molar-refractivity contribution in [1.82, 2.24) is 15.6 Å². The molecule has 5 heteroatoms. The number of nitrogens with zero attached hydrogens (tertiary/aromatic N) is 2. The average Bonchev–Trinajstić information content (AvgIpc) is 2.89. The summed E-state index contributed by atoms with van der Waals surface area (Å²) in [6, 6.07) is 11.0. The van der Waals surface area contributed by atoms with Gasteiger partial charge in [0, 0.05) is 17.5 Å². The van der Waals surface area contributed by atoms with Crippen LogP contribution in [0.3, 0.4) is 0 Å². The fraction of sp³-hybridized carbons (Fsp3) is 0.474. The maximum absolute atomic E-state index is 4.72. The van der Waals surface area contributed by atoms with Gasteiger partial charge in [0.25, 0.3) is 0 Å². The average molecular weight is 345 g/mol. The first-order chi connectivity index (χ1) is 11.6. The van der Waals surface area contributed by atoms with Crippen LogP contribution >= 0.6 is 11.3 Å². The van der Waals surface area contributed by atoms with E-state index < -0.39 is 0 Å². The van der Waals surface area contributed by atoms with Crippen LogP contribution < -0.4 is 10.6 Å². The highest BCUT2D eigenvalue weighted by Crippen LogP contribution is 2.17. The third-order valence-electron chi connectivity index (χ3n) is 3.82. The van der Waals surface area contributed by atoms with Crippen molar-refractivity contribution < 1.29 is 0 Å². The van der Waals surface area contributed by atoms with Crippen molar-refractivity contribution in [3.05, 3.63) is 51.5 Å². The Bertz CT molecular complexity index is 649. The van der Waals surface area contributed by atoms with Crippen LogP contribution in [0.4, 0.5) is 0 Å². The number of guanidine groups is 1. The Morgan fingerprint density at radius 3 is 2.62 bits per heavy atom. The molecule has 1 atom stereocenters. The van der Waals surface area contributed by atoms with E-state index in [2.05, 4.69) is 66.7 Å². The minimum Gasteiger partial charge on any atom is -0.357 e. The molecule has 0 saturated heterocycles. The van der Waals surface area contributed by atoms with E-state index in [-0.39, 0.29) is 0 Å². The molecule has 24 heavy (non-hydrogen) atoms. The van der Waals surface area contributed by atoms with Gasteiger partial charge in [-0.05, 0) is 46.1 Å². The van der Waals surface area contributed by atoms with E-state index in [1.807, 2.05) is 6.92 Å². The molecule has 0 aliphatic rings. The second-order valence-electron chi connectivity index (χ2n) is 6.01. The Morgan fingerprint density at radius 2 is 2.00 bits per heavy atom. The van der Waals surface area contributed by atoms with Crippen molar-refractivity contribution in [2.45, 2.75) is 53.1 Å². The lowest BCUT2D eigenvalue weighted by Crippen LogP contribution is -2.42. The van der Waals surface area contributed by atoms with Crippen molar-refractivity contribution in [1.29, 1.82) is 0 Å². The van der Waals surface area contributed by atoms with Crippen molar-refractivity contribution >= 4 is 17.3 Å². The molecular weight excluding hydrogens is 316 g/mol. The van der Waals surface area contributed by atoms with Gasteiger partial charge in [-0.15, -0.1) is 11.3 Å². The first-order valence-electron chi connectivity index (χ1n) is 8.60. The highest BCUT2D eigenvalue weighted by molar-refractivity contribution is 7.11. The molecule has 1 aromatic carbocycles. The molecule has 4 nitrogen and oxygen atoms in total. The zero-order valence-corrected chi connectivity index (χ0v) is 15.9. The van der Waals surface area contributed by atoms with Gasteiger partial charge in [0.15, 0.2) is 5.96 Å². The molecule has 2 aromatic rings. The summed E-state index contributed by atoms with van der Waals surface area (Å²) >= 11 is 1.73. The topological polar surface area (TPSA) is 49.3 Å². The molecule has 1 aromatic heterocycles. The van der Waals surface area contributed by atoms with E-state index in [4.69, 9.17) is 4.99 Å². The summed E-state index contributed by atoms with van der Waals surface area (Å²) in [7, 11) is 0. The number of aryl methyl sites for hydroxylation is 3. The maximum Gasteiger partial charge on any atom is 0.191 e. The summed E-state index contributed by atoms with van der Waals surface area (Å²) in [5.74, 6) is 0.878. The monoisotopic (exact) mass is 344 g/mol. The Kier molecular flexibility index (Phi) is 7.25. The lowest BCUT2D eigenvalue weighted by Gasteiger charge is -2.17. The molecule has 0 spiro atoms. The minimum absolute atomic E-state index is 0.368. The SMILES string of the molecule is CCNC(=NCc1sc(C)nc1C)NC(C)CCc1ccccc1. The molecule has 0 radical (unpaired) electrons. The van der Waals surface area contributed by atoms with Crippen LogP contribution in [0.1, 0.15) is 41.4 Å². The molecule has 0 saturated carbocycles. The molecule has 0 bridgehead atoms. The summed E-state index contributed by atoms with van der Waals surface area (Å²) in [4.78, 5) is 10.4. The summed E-state index contributed by atoms with van der Waals surface area (Å²) < 4.78 is 0. The molecular formula is C19H28N4S. The number of nitrogens with one attached hydrogen (secondary N) is 2. The molecule has 0 fully saturated rings. The largest absolute Gasteiger partial charge is 0.357 e. The predicted molar refractivity (Wildman–Crippen MR) is 104 cm³/mol.